The van der Waals surface area contributed by atoms with E-state index < -0.39 is 7.12 Å². The van der Waals surface area contributed by atoms with Crippen molar-refractivity contribution < 1.29 is 14.1 Å². The fourth-order valence-corrected chi connectivity index (χ4v) is 3.52. The van der Waals surface area contributed by atoms with Crippen LogP contribution in [0.2, 0.25) is 0 Å². The van der Waals surface area contributed by atoms with E-state index in [-0.39, 0.29) is 22.6 Å². The summed E-state index contributed by atoms with van der Waals surface area (Å²) in [5, 5.41) is 0. The maximum Gasteiger partial charge on any atom is 0.494 e. The van der Waals surface area contributed by atoms with Crippen LogP contribution in [-0.4, -0.2) is 65.7 Å². The lowest BCUT2D eigenvalue weighted by molar-refractivity contribution is 0.00578. The summed E-state index contributed by atoms with van der Waals surface area (Å²) < 4.78 is 12.2. The number of amides is 1. The largest absolute Gasteiger partial charge is 0.494 e. The first-order valence-electron chi connectivity index (χ1n) is 9.91. The van der Waals surface area contributed by atoms with E-state index in [9.17, 15) is 4.79 Å². The maximum atomic E-state index is 12.8. The van der Waals surface area contributed by atoms with E-state index in [2.05, 4.69) is 25.7 Å². The average Bonchev–Trinajstić information content (AvgIpc) is 2.81. The fraction of sp³-hybridized carbons (Fsp3) is 0.667. The van der Waals surface area contributed by atoms with Crippen LogP contribution >= 0.6 is 0 Å². The predicted octanol–water partition coefficient (Wildman–Crippen LogP) is 2.54. The lowest BCUT2D eigenvalue weighted by Crippen LogP contribution is -2.54. The summed E-state index contributed by atoms with van der Waals surface area (Å²) in [6, 6.07) is 7.67. The van der Waals surface area contributed by atoms with Gasteiger partial charge in [0.2, 0.25) is 0 Å². The van der Waals surface area contributed by atoms with Gasteiger partial charge in [-0.05, 0) is 66.1 Å². The first kappa shape index (κ1) is 20.4. The van der Waals surface area contributed by atoms with E-state index in [0.717, 1.165) is 37.2 Å². The lowest BCUT2D eigenvalue weighted by atomic mass is 9.79. The Morgan fingerprint density at radius 2 is 1.41 bits per heavy atom. The molecular weight excluding hydrogens is 339 g/mol. The molecule has 0 saturated carbocycles. The molecule has 148 valence electrons. The van der Waals surface area contributed by atoms with Crippen molar-refractivity contribution in [3.8, 4) is 0 Å². The zero-order valence-electron chi connectivity index (χ0n) is 17.8. The SMILES string of the molecule is CC(C)(C)N1CCN(C(=O)c2ccc(B3OC(C)(C)C(C)(C)O3)cc2)CC1. The molecule has 0 spiro atoms. The van der Waals surface area contributed by atoms with Crippen molar-refractivity contribution in [3.05, 3.63) is 29.8 Å². The van der Waals surface area contributed by atoms with Gasteiger partial charge in [-0.1, -0.05) is 12.1 Å². The first-order chi connectivity index (χ1) is 12.4. The number of carbonyl (C=O) groups excluding carboxylic acids is 1. The van der Waals surface area contributed by atoms with E-state index in [1.807, 2.05) is 56.9 Å². The van der Waals surface area contributed by atoms with Crippen molar-refractivity contribution in [1.29, 1.82) is 0 Å². The molecule has 1 amide bonds. The number of rotatable bonds is 2. The molecule has 1 aromatic carbocycles. The number of hydrogen-bond acceptors (Lipinski definition) is 4. The molecule has 2 aliphatic rings. The maximum absolute atomic E-state index is 12.8. The number of benzene rings is 1. The second-order valence-electron chi connectivity index (χ2n) is 9.66. The van der Waals surface area contributed by atoms with Crippen molar-refractivity contribution in [1.82, 2.24) is 9.80 Å². The molecule has 2 saturated heterocycles. The third-order valence-corrected chi connectivity index (χ3v) is 6.20. The highest BCUT2D eigenvalue weighted by Gasteiger charge is 2.51. The Kier molecular flexibility index (Phi) is 5.21. The van der Waals surface area contributed by atoms with Crippen molar-refractivity contribution in [2.45, 2.75) is 65.2 Å². The molecule has 5 nitrogen and oxygen atoms in total. The van der Waals surface area contributed by atoms with Crippen LogP contribution in [0.3, 0.4) is 0 Å². The first-order valence-corrected chi connectivity index (χ1v) is 9.91. The second-order valence-corrected chi connectivity index (χ2v) is 9.66. The molecule has 2 fully saturated rings. The van der Waals surface area contributed by atoms with Crippen LogP contribution in [0.4, 0.5) is 0 Å². The Labute approximate surface area is 164 Å². The van der Waals surface area contributed by atoms with Crippen molar-refractivity contribution in [2.75, 3.05) is 26.2 Å². The molecule has 0 radical (unpaired) electrons. The molecule has 0 aliphatic carbocycles. The van der Waals surface area contributed by atoms with E-state index in [1.54, 1.807) is 0 Å². The van der Waals surface area contributed by atoms with Gasteiger partial charge in [0.15, 0.2) is 0 Å². The fourth-order valence-electron chi connectivity index (χ4n) is 3.52. The van der Waals surface area contributed by atoms with Gasteiger partial charge in [-0.3, -0.25) is 9.69 Å². The van der Waals surface area contributed by atoms with Gasteiger partial charge in [0, 0.05) is 37.3 Å². The van der Waals surface area contributed by atoms with Crippen molar-refractivity contribution >= 4 is 18.5 Å². The van der Waals surface area contributed by atoms with Gasteiger partial charge in [-0.2, -0.15) is 0 Å². The third-order valence-electron chi connectivity index (χ3n) is 6.20. The van der Waals surface area contributed by atoms with Crippen LogP contribution in [0.15, 0.2) is 24.3 Å². The Balaban J connectivity index is 1.64. The molecule has 6 heteroatoms. The van der Waals surface area contributed by atoms with E-state index in [4.69, 9.17) is 9.31 Å². The van der Waals surface area contributed by atoms with E-state index >= 15 is 0 Å². The minimum Gasteiger partial charge on any atom is -0.399 e. The number of nitrogens with zero attached hydrogens (tertiary/aromatic N) is 2. The molecule has 0 unspecified atom stereocenters. The highest BCUT2D eigenvalue weighted by Crippen LogP contribution is 2.36. The second kappa shape index (κ2) is 6.91. The minimum absolute atomic E-state index is 0.101. The molecule has 0 aromatic heterocycles. The molecule has 27 heavy (non-hydrogen) atoms. The van der Waals surface area contributed by atoms with Gasteiger partial charge in [0.1, 0.15) is 0 Å². The van der Waals surface area contributed by atoms with Crippen LogP contribution in [0.25, 0.3) is 0 Å². The smallest absolute Gasteiger partial charge is 0.399 e. The van der Waals surface area contributed by atoms with Gasteiger partial charge in [-0.25, -0.2) is 0 Å². The van der Waals surface area contributed by atoms with Crippen LogP contribution in [-0.2, 0) is 9.31 Å². The summed E-state index contributed by atoms with van der Waals surface area (Å²) in [4.78, 5) is 17.2. The van der Waals surface area contributed by atoms with Crippen LogP contribution in [0.5, 0.6) is 0 Å². The normalized spacial score (nSPS) is 22.9. The van der Waals surface area contributed by atoms with Gasteiger partial charge < -0.3 is 14.2 Å². The molecule has 0 bridgehead atoms. The molecule has 3 rings (SSSR count). The highest BCUT2D eigenvalue weighted by atomic mass is 16.7. The highest BCUT2D eigenvalue weighted by molar-refractivity contribution is 6.62. The topological polar surface area (TPSA) is 42.0 Å². The molecule has 0 atom stereocenters. The summed E-state index contributed by atoms with van der Waals surface area (Å²) in [7, 11) is -0.394. The quantitative estimate of drug-likeness (QED) is 0.749. The zero-order valence-corrected chi connectivity index (χ0v) is 17.8. The van der Waals surface area contributed by atoms with E-state index in [0.29, 0.717) is 0 Å². The van der Waals surface area contributed by atoms with Gasteiger partial charge >= 0.3 is 7.12 Å². The Hall–Kier alpha value is -1.37. The third kappa shape index (κ3) is 4.08. The number of piperazine rings is 1. The summed E-state index contributed by atoms with van der Waals surface area (Å²) in [5.74, 6) is 0.101. The molecular formula is C21H33BN2O3. The minimum atomic E-state index is -0.394. The average molecular weight is 372 g/mol. The molecule has 1 aromatic rings. The van der Waals surface area contributed by atoms with E-state index in [1.165, 1.54) is 0 Å². The number of hydrogen-bond donors (Lipinski definition) is 0. The van der Waals surface area contributed by atoms with Crippen molar-refractivity contribution in [3.63, 3.8) is 0 Å². The Morgan fingerprint density at radius 3 is 1.85 bits per heavy atom. The lowest BCUT2D eigenvalue weighted by Gasteiger charge is -2.42. The summed E-state index contributed by atoms with van der Waals surface area (Å²) in [6.07, 6.45) is 0. The molecule has 2 heterocycles. The zero-order chi connectivity index (χ0) is 20.0. The van der Waals surface area contributed by atoms with Gasteiger partial charge in [0.25, 0.3) is 5.91 Å². The van der Waals surface area contributed by atoms with Crippen molar-refractivity contribution in [2.24, 2.45) is 0 Å². The van der Waals surface area contributed by atoms with Crippen LogP contribution in [0.1, 0.15) is 58.8 Å². The Morgan fingerprint density at radius 1 is 0.926 bits per heavy atom. The Bertz CT molecular complexity index is 670. The summed E-state index contributed by atoms with van der Waals surface area (Å²) in [5.41, 5.74) is 1.10. The summed E-state index contributed by atoms with van der Waals surface area (Å²) >= 11 is 0. The standard InChI is InChI=1S/C21H33BN2O3/c1-19(2,3)24-14-12-23(13-15-24)18(25)16-8-10-17(11-9-16)22-26-20(4,5)21(6,7)27-22/h8-11H,12-15H2,1-7H3. The molecule has 2 aliphatic heterocycles. The van der Waals surface area contributed by atoms with Crippen LogP contribution in [0, 0.1) is 0 Å². The summed E-state index contributed by atoms with van der Waals surface area (Å²) in [6.45, 7) is 18.2. The predicted molar refractivity (Wildman–Crippen MR) is 109 cm³/mol. The number of carbonyl (C=O) groups is 1. The van der Waals surface area contributed by atoms with Gasteiger partial charge in [0.05, 0.1) is 11.2 Å². The van der Waals surface area contributed by atoms with Crippen LogP contribution < -0.4 is 5.46 Å². The molecule has 0 N–H and O–H groups in total. The monoisotopic (exact) mass is 372 g/mol. The van der Waals surface area contributed by atoms with Gasteiger partial charge in [-0.15, -0.1) is 0 Å².